The third-order valence-corrected chi connectivity index (χ3v) is 14.6. The Balaban J connectivity index is 0.000000136. The Labute approximate surface area is 468 Å². The van der Waals surface area contributed by atoms with Crippen LogP contribution < -0.4 is 59.1 Å². The zero-order valence-corrected chi connectivity index (χ0v) is 46.4. The fourth-order valence-electron chi connectivity index (χ4n) is 10.1. The molecule has 3 aromatic carbocycles. The molecule has 81 heavy (non-hydrogen) atoms. The third kappa shape index (κ3) is 11.1. The molecule has 0 bridgehead atoms. The van der Waals surface area contributed by atoms with Gasteiger partial charge in [0.05, 0.1) is 55.5 Å². The van der Waals surface area contributed by atoms with Crippen LogP contribution in [0.2, 0.25) is 0 Å². The van der Waals surface area contributed by atoms with Crippen molar-refractivity contribution in [2.45, 2.75) is 116 Å². The first-order valence-electron chi connectivity index (χ1n) is 26.8. The number of nitrogens with one attached hydrogen (secondary N) is 3. The predicted molar refractivity (Wildman–Crippen MR) is 298 cm³/mol. The van der Waals surface area contributed by atoms with Crippen molar-refractivity contribution in [3.05, 3.63) is 126 Å². The van der Waals surface area contributed by atoms with Crippen LogP contribution in [0.1, 0.15) is 116 Å². The first-order valence-corrected chi connectivity index (χ1v) is 26.8. The summed E-state index contributed by atoms with van der Waals surface area (Å²) in [6.45, 7) is 18.5. The summed E-state index contributed by atoms with van der Waals surface area (Å²) >= 11 is 0. The van der Waals surface area contributed by atoms with Gasteiger partial charge in [-0.2, -0.15) is 0 Å². The fraction of sp³-hybridized carbons (Fsp3) is 0.350. The first kappa shape index (κ1) is 55.1. The highest BCUT2D eigenvalue weighted by molar-refractivity contribution is 6.24. The van der Waals surface area contributed by atoms with Gasteiger partial charge in [-0.3, -0.25) is 14.4 Å². The summed E-state index contributed by atoms with van der Waals surface area (Å²) in [7, 11) is 0. The van der Waals surface area contributed by atoms with E-state index in [9.17, 15) is 28.8 Å². The van der Waals surface area contributed by atoms with Crippen LogP contribution in [0.3, 0.4) is 0 Å². The second-order valence-corrected chi connectivity index (χ2v) is 22.1. The van der Waals surface area contributed by atoms with Crippen molar-refractivity contribution >= 4 is 52.9 Å². The lowest BCUT2D eigenvalue weighted by Crippen LogP contribution is -2.40. The molecule has 3 atom stereocenters. The number of carbonyl (C=O) groups is 6. The number of fused-ring (bicyclic) bond motifs is 3. The van der Waals surface area contributed by atoms with Crippen LogP contribution in [0, 0.1) is 0 Å². The van der Waals surface area contributed by atoms with Crippen molar-refractivity contribution in [3.63, 3.8) is 0 Å². The molecule has 21 nitrogen and oxygen atoms in total. The summed E-state index contributed by atoms with van der Waals surface area (Å²) < 4.78 is 35.0. The number of rotatable bonds is 9. The Morgan fingerprint density at radius 3 is 0.914 bits per heavy atom. The highest BCUT2D eigenvalue weighted by Crippen LogP contribution is 2.44. The minimum absolute atomic E-state index is 0.314. The molecule has 0 aliphatic carbocycles. The molecule has 3 N–H and O–H groups in total. The minimum Gasteiger partial charge on any atom is -0.493 e. The smallest absolute Gasteiger partial charge is 0.329 e. The van der Waals surface area contributed by atoms with Gasteiger partial charge < -0.3 is 44.4 Å². The molecule has 0 radical (unpaired) electrons. The summed E-state index contributed by atoms with van der Waals surface area (Å²) in [5, 5.41) is 7.95. The van der Waals surface area contributed by atoms with Crippen molar-refractivity contribution in [2.24, 2.45) is 0 Å². The Bertz CT molecular complexity index is 3080. The average molecular weight is 1100 g/mol. The molecule has 9 heterocycles. The molecule has 9 amide bonds. The van der Waals surface area contributed by atoms with Gasteiger partial charge in [0.15, 0.2) is 0 Å². The number of imide groups is 3. The van der Waals surface area contributed by atoms with Gasteiger partial charge in [-0.25, -0.2) is 44.0 Å². The van der Waals surface area contributed by atoms with E-state index in [-0.39, 0.29) is 17.7 Å². The maximum atomic E-state index is 12.4. The van der Waals surface area contributed by atoms with Gasteiger partial charge in [-0.05, 0) is 133 Å². The van der Waals surface area contributed by atoms with Gasteiger partial charge >= 0.3 is 18.1 Å². The Hall–Kier alpha value is -9.27. The monoisotopic (exact) mass is 1100 g/mol. The zero-order chi connectivity index (χ0) is 57.5. The number of aromatic nitrogens is 3. The van der Waals surface area contributed by atoms with Gasteiger partial charge in [0.25, 0.3) is 17.7 Å². The van der Waals surface area contributed by atoms with Crippen LogP contribution in [0.4, 0.5) is 31.4 Å². The highest BCUT2D eigenvalue weighted by Gasteiger charge is 2.47. The largest absolute Gasteiger partial charge is 0.493 e. The topological polar surface area (TPSA) is 242 Å². The maximum Gasteiger partial charge on any atom is 0.329 e. The molecule has 3 saturated heterocycles. The van der Waals surface area contributed by atoms with Gasteiger partial charge in [0.1, 0.15) is 51.1 Å². The van der Waals surface area contributed by atoms with E-state index in [4.69, 9.17) is 28.4 Å². The number of anilines is 3. The second-order valence-electron chi connectivity index (χ2n) is 22.1. The average Bonchev–Trinajstić information content (AvgIpc) is 3.89. The maximum absolute atomic E-state index is 12.4. The second kappa shape index (κ2) is 21.8. The van der Waals surface area contributed by atoms with Crippen molar-refractivity contribution in [1.29, 1.82) is 0 Å². The molecule has 0 saturated carbocycles. The van der Waals surface area contributed by atoms with Crippen LogP contribution in [0.5, 0.6) is 52.1 Å². The number of nitrogens with zero attached hydrogens (tertiary/aromatic N) is 6. The van der Waals surface area contributed by atoms with E-state index in [2.05, 4.69) is 51.7 Å². The molecule has 6 aliphatic heterocycles. The summed E-state index contributed by atoms with van der Waals surface area (Å²) in [4.78, 5) is 89.5. The Kier molecular flexibility index (Phi) is 14.8. The van der Waals surface area contributed by atoms with Crippen LogP contribution in [-0.2, 0) is 14.4 Å². The molecule has 3 aromatic heterocycles. The summed E-state index contributed by atoms with van der Waals surface area (Å²) in [5.41, 5.74) is 1.54. The summed E-state index contributed by atoms with van der Waals surface area (Å²) in [6.07, 6.45) is 7.18. The molecule has 6 aromatic rings. The molecule has 12 rings (SSSR count). The lowest BCUT2D eigenvalue weighted by molar-refractivity contribution is -0.121. The van der Waals surface area contributed by atoms with Crippen molar-refractivity contribution in [2.75, 3.05) is 34.5 Å². The van der Waals surface area contributed by atoms with Crippen LogP contribution >= 0.6 is 0 Å². The standard InChI is InChI=1S/3C20H21N3O4/c3*1-12-9-10-26-14-5-4-6-15(17(12)14)27-16-8-7-13(11-21-16)23-18(24)20(2,3)22-19(23)25/h3*4-8,11-12H,9-10H2,1-3H3,(H,22,25). The molecule has 0 spiro atoms. The van der Waals surface area contributed by atoms with Crippen molar-refractivity contribution in [1.82, 2.24) is 30.9 Å². The Morgan fingerprint density at radius 1 is 0.420 bits per heavy atom. The van der Waals surface area contributed by atoms with Crippen molar-refractivity contribution in [3.8, 4) is 52.1 Å². The van der Waals surface area contributed by atoms with Gasteiger partial charge in [0.2, 0.25) is 17.6 Å². The van der Waals surface area contributed by atoms with Crippen LogP contribution in [-0.4, -0.2) is 87.2 Å². The minimum atomic E-state index is -0.925. The number of hydrogen-bond acceptors (Lipinski definition) is 15. The van der Waals surface area contributed by atoms with Crippen LogP contribution in [0.15, 0.2) is 110 Å². The molecule has 3 unspecified atom stereocenters. The lowest BCUT2D eigenvalue weighted by atomic mass is 9.94. The molecule has 420 valence electrons. The molecule has 3 fully saturated rings. The lowest BCUT2D eigenvalue weighted by Gasteiger charge is -2.25. The van der Waals surface area contributed by atoms with E-state index in [0.717, 1.165) is 67.9 Å². The van der Waals surface area contributed by atoms with Gasteiger partial charge in [-0.15, -0.1) is 0 Å². The van der Waals surface area contributed by atoms with Gasteiger partial charge in [-0.1, -0.05) is 39.0 Å². The molecule has 21 heteroatoms. The van der Waals surface area contributed by atoms with E-state index in [1.807, 2.05) is 54.6 Å². The molecule has 6 aliphatic rings. The Morgan fingerprint density at radius 2 is 0.691 bits per heavy atom. The number of ether oxygens (including phenoxy) is 6. The number of benzene rings is 3. The first-order chi connectivity index (χ1) is 38.6. The van der Waals surface area contributed by atoms with E-state index in [1.165, 1.54) is 18.6 Å². The normalized spacial score (nSPS) is 20.7. The van der Waals surface area contributed by atoms with Crippen LogP contribution in [0.25, 0.3) is 0 Å². The number of amides is 9. The number of pyridine rings is 3. The number of urea groups is 3. The highest BCUT2D eigenvalue weighted by atomic mass is 16.5. The zero-order valence-electron chi connectivity index (χ0n) is 46.4. The fourth-order valence-corrected chi connectivity index (χ4v) is 10.1. The van der Waals surface area contributed by atoms with E-state index >= 15 is 0 Å². The molecular formula is C60H63N9O12. The van der Waals surface area contributed by atoms with Gasteiger partial charge in [0, 0.05) is 34.9 Å². The predicted octanol–water partition coefficient (Wildman–Crippen LogP) is 10.8. The SMILES string of the molecule is CC1CCOc2cccc(Oc3ccc(N4C(=O)NC(C)(C)C4=O)cn3)c21.CC1CCOc2cccc(Oc3ccc(N4C(=O)NC(C)(C)C4=O)cn3)c21.CC1CCOc2cccc(Oc3ccc(N4C(=O)NC(C)(C)C4=O)cn3)c21. The number of hydrogen-bond donors (Lipinski definition) is 3. The van der Waals surface area contributed by atoms with E-state index in [0.29, 0.717) is 89.5 Å². The van der Waals surface area contributed by atoms with Crippen molar-refractivity contribution < 1.29 is 57.2 Å². The third-order valence-electron chi connectivity index (χ3n) is 14.6. The van der Waals surface area contributed by atoms with E-state index < -0.39 is 34.7 Å². The quantitative estimate of drug-likeness (QED) is 0.114. The summed E-state index contributed by atoms with van der Waals surface area (Å²) in [5.74, 6) is 5.83. The van der Waals surface area contributed by atoms with E-state index in [1.54, 1.807) is 77.9 Å². The molecular weight excluding hydrogens is 1040 g/mol. The summed E-state index contributed by atoms with van der Waals surface area (Å²) in [6, 6.07) is 25.7. The number of carbonyl (C=O) groups excluding carboxylic acids is 6.